The zero-order chi connectivity index (χ0) is 14.5. The van der Waals surface area contributed by atoms with E-state index < -0.39 is 0 Å². The van der Waals surface area contributed by atoms with Crippen LogP contribution in [0.5, 0.6) is 5.75 Å². The van der Waals surface area contributed by atoms with Crippen molar-refractivity contribution in [3.05, 3.63) is 28.2 Å². The normalized spacial score (nSPS) is 18.6. The van der Waals surface area contributed by atoms with Crippen molar-refractivity contribution in [2.75, 3.05) is 40.4 Å². The number of halogens is 1. The number of carbonyl (C=O) groups is 1. The molecule has 0 aromatic heterocycles. The van der Waals surface area contributed by atoms with Gasteiger partial charge in [-0.3, -0.25) is 4.79 Å². The molecule has 1 aromatic carbocycles. The van der Waals surface area contributed by atoms with Crippen LogP contribution in [0.4, 0.5) is 0 Å². The van der Waals surface area contributed by atoms with E-state index in [0.29, 0.717) is 24.5 Å². The Bertz CT molecular complexity index is 475. The van der Waals surface area contributed by atoms with Gasteiger partial charge in [-0.15, -0.1) is 0 Å². The molecule has 1 heterocycles. The first kappa shape index (κ1) is 15.3. The van der Waals surface area contributed by atoms with Crippen molar-refractivity contribution >= 4 is 21.8 Å². The van der Waals surface area contributed by atoms with E-state index in [-0.39, 0.29) is 12.0 Å². The maximum atomic E-state index is 12.4. The molecule has 1 aliphatic rings. The number of carbonyl (C=O) groups excluding carboxylic acids is 1. The number of morpholine rings is 1. The lowest BCUT2D eigenvalue weighted by Gasteiger charge is -2.28. The maximum Gasteiger partial charge on any atom is 0.253 e. The number of rotatable bonds is 4. The van der Waals surface area contributed by atoms with Crippen molar-refractivity contribution in [2.45, 2.75) is 6.10 Å². The van der Waals surface area contributed by atoms with Crippen molar-refractivity contribution in [3.63, 3.8) is 0 Å². The number of ether oxygens (including phenoxy) is 2. The summed E-state index contributed by atoms with van der Waals surface area (Å²) in [5.41, 5.74) is 0.629. The fourth-order valence-electron chi connectivity index (χ4n) is 2.15. The maximum absolute atomic E-state index is 12.4. The molecule has 5 nitrogen and oxygen atoms in total. The minimum absolute atomic E-state index is 0.0254. The highest BCUT2D eigenvalue weighted by Crippen LogP contribution is 2.26. The van der Waals surface area contributed by atoms with E-state index in [1.165, 1.54) is 0 Å². The van der Waals surface area contributed by atoms with Crippen molar-refractivity contribution in [1.29, 1.82) is 0 Å². The van der Waals surface area contributed by atoms with Gasteiger partial charge in [0.25, 0.3) is 5.91 Å². The van der Waals surface area contributed by atoms with Crippen LogP contribution in [0.1, 0.15) is 10.4 Å². The summed E-state index contributed by atoms with van der Waals surface area (Å²) in [6, 6.07) is 5.32. The molecule has 1 fully saturated rings. The van der Waals surface area contributed by atoms with Crippen LogP contribution in [-0.4, -0.2) is 57.3 Å². The summed E-state index contributed by atoms with van der Waals surface area (Å²) in [6.45, 7) is 2.93. The second-order valence-corrected chi connectivity index (χ2v) is 5.59. The van der Waals surface area contributed by atoms with Gasteiger partial charge in [0.15, 0.2) is 0 Å². The van der Waals surface area contributed by atoms with Gasteiger partial charge in [-0.25, -0.2) is 0 Å². The molecule has 110 valence electrons. The Labute approximate surface area is 127 Å². The van der Waals surface area contributed by atoms with Gasteiger partial charge in [-0.2, -0.15) is 0 Å². The van der Waals surface area contributed by atoms with E-state index in [1.807, 2.05) is 0 Å². The lowest BCUT2D eigenvalue weighted by Crippen LogP contribution is -2.45. The SMILES string of the molecule is COc1ccc(C(=O)N(C)CC2CNCCO2)cc1Br. The summed E-state index contributed by atoms with van der Waals surface area (Å²) in [5.74, 6) is 0.687. The summed E-state index contributed by atoms with van der Waals surface area (Å²) in [7, 11) is 3.39. The van der Waals surface area contributed by atoms with Gasteiger partial charge in [0.2, 0.25) is 0 Å². The first-order valence-electron chi connectivity index (χ1n) is 6.53. The first-order chi connectivity index (χ1) is 9.61. The summed E-state index contributed by atoms with van der Waals surface area (Å²) in [6.07, 6.45) is 0.0550. The van der Waals surface area contributed by atoms with Crippen LogP contribution in [-0.2, 0) is 4.74 Å². The van der Waals surface area contributed by atoms with Crippen LogP contribution < -0.4 is 10.1 Å². The van der Waals surface area contributed by atoms with Crippen LogP contribution in [0, 0.1) is 0 Å². The van der Waals surface area contributed by atoms with Crippen molar-refractivity contribution in [2.24, 2.45) is 0 Å². The number of hydrogen-bond acceptors (Lipinski definition) is 4. The minimum Gasteiger partial charge on any atom is -0.496 e. The van der Waals surface area contributed by atoms with Crippen molar-refractivity contribution in [1.82, 2.24) is 10.2 Å². The van der Waals surface area contributed by atoms with E-state index in [4.69, 9.17) is 9.47 Å². The number of benzene rings is 1. The molecule has 0 spiro atoms. The molecule has 1 N–H and O–H groups in total. The summed E-state index contributed by atoms with van der Waals surface area (Å²) < 4.78 is 11.5. The molecule has 1 saturated heterocycles. The number of hydrogen-bond donors (Lipinski definition) is 1. The number of methoxy groups -OCH3 is 1. The molecule has 2 rings (SSSR count). The monoisotopic (exact) mass is 342 g/mol. The molecule has 0 saturated carbocycles. The van der Waals surface area contributed by atoms with Gasteiger partial charge in [0.05, 0.1) is 24.3 Å². The van der Waals surface area contributed by atoms with E-state index in [1.54, 1.807) is 37.3 Å². The predicted octanol–water partition coefficient (Wildman–Crippen LogP) is 1.52. The Morgan fingerprint density at radius 2 is 2.40 bits per heavy atom. The number of nitrogens with one attached hydrogen (secondary N) is 1. The van der Waals surface area contributed by atoms with Crippen LogP contribution >= 0.6 is 15.9 Å². The third-order valence-electron chi connectivity index (χ3n) is 3.23. The van der Waals surface area contributed by atoms with Gasteiger partial charge in [-0.05, 0) is 34.1 Å². The third-order valence-corrected chi connectivity index (χ3v) is 3.85. The molecule has 1 aromatic rings. The van der Waals surface area contributed by atoms with Gasteiger partial charge >= 0.3 is 0 Å². The zero-order valence-electron chi connectivity index (χ0n) is 11.7. The molecule has 6 heteroatoms. The largest absolute Gasteiger partial charge is 0.496 e. The lowest BCUT2D eigenvalue weighted by molar-refractivity contribution is 0.0104. The number of nitrogens with zero attached hydrogens (tertiary/aromatic N) is 1. The fourth-order valence-corrected chi connectivity index (χ4v) is 2.69. The average molecular weight is 343 g/mol. The van der Waals surface area contributed by atoms with Crippen LogP contribution in [0.25, 0.3) is 0 Å². The quantitative estimate of drug-likeness (QED) is 0.901. The summed E-state index contributed by atoms with van der Waals surface area (Å²) in [4.78, 5) is 14.0. The van der Waals surface area contributed by atoms with Crippen LogP contribution in [0.2, 0.25) is 0 Å². The summed E-state index contributed by atoms with van der Waals surface area (Å²) in [5, 5.41) is 3.26. The van der Waals surface area contributed by atoms with E-state index >= 15 is 0 Å². The van der Waals surface area contributed by atoms with Gasteiger partial charge < -0.3 is 19.7 Å². The number of likely N-dealkylation sites (N-methyl/N-ethyl adjacent to an activating group) is 1. The van der Waals surface area contributed by atoms with Gasteiger partial charge in [-0.1, -0.05) is 0 Å². The third kappa shape index (κ3) is 3.71. The highest BCUT2D eigenvalue weighted by Gasteiger charge is 2.20. The van der Waals surface area contributed by atoms with E-state index in [2.05, 4.69) is 21.2 Å². The standard InChI is InChI=1S/C14H19BrN2O3/c1-17(9-11-8-16-5-6-20-11)14(18)10-3-4-13(19-2)12(15)7-10/h3-4,7,11,16H,5-6,8-9H2,1-2H3. The van der Waals surface area contributed by atoms with Crippen LogP contribution in [0.3, 0.4) is 0 Å². The fraction of sp³-hybridized carbons (Fsp3) is 0.500. The second kappa shape index (κ2) is 7.06. The summed E-state index contributed by atoms with van der Waals surface area (Å²) >= 11 is 3.39. The van der Waals surface area contributed by atoms with Crippen molar-refractivity contribution in [3.8, 4) is 5.75 Å². The molecule has 20 heavy (non-hydrogen) atoms. The molecule has 0 aliphatic carbocycles. The predicted molar refractivity (Wildman–Crippen MR) is 80.3 cm³/mol. The lowest BCUT2D eigenvalue weighted by atomic mass is 10.2. The topological polar surface area (TPSA) is 50.8 Å². The van der Waals surface area contributed by atoms with E-state index in [9.17, 15) is 4.79 Å². The minimum atomic E-state index is -0.0254. The van der Waals surface area contributed by atoms with Crippen molar-refractivity contribution < 1.29 is 14.3 Å². The molecule has 1 unspecified atom stereocenters. The molecular formula is C14H19BrN2O3. The smallest absolute Gasteiger partial charge is 0.253 e. The Hall–Kier alpha value is -1.11. The molecule has 1 aliphatic heterocycles. The molecule has 1 atom stereocenters. The zero-order valence-corrected chi connectivity index (χ0v) is 13.3. The Kier molecular flexibility index (Phi) is 5.39. The Morgan fingerprint density at radius 3 is 3.00 bits per heavy atom. The van der Waals surface area contributed by atoms with Crippen LogP contribution in [0.15, 0.2) is 22.7 Å². The highest BCUT2D eigenvalue weighted by atomic mass is 79.9. The van der Waals surface area contributed by atoms with E-state index in [0.717, 1.165) is 17.6 Å². The second-order valence-electron chi connectivity index (χ2n) is 4.73. The Balaban J connectivity index is 2.00. The first-order valence-corrected chi connectivity index (χ1v) is 7.32. The molecular weight excluding hydrogens is 324 g/mol. The average Bonchev–Trinajstić information content (AvgIpc) is 2.47. The van der Waals surface area contributed by atoms with Gasteiger partial charge in [0, 0.05) is 32.2 Å². The molecule has 1 amide bonds. The van der Waals surface area contributed by atoms with Gasteiger partial charge in [0.1, 0.15) is 5.75 Å². The Morgan fingerprint density at radius 1 is 1.60 bits per heavy atom. The number of amides is 1. The highest BCUT2D eigenvalue weighted by molar-refractivity contribution is 9.10. The molecule has 0 bridgehead atoms. The molecule has 0 radical (unpaired) electrons.